The van der Waals surface area contributed by atoms with E-state index in [2.05, 4.69) is 42.5 Å². The van der Waals surface area contributed by atoms with Crippen molar-refractivity contribution in [1.29, 1.82) is 0 Å². The van der Waals surface area contributed by atoms with Crippen LogP contribution in [0.5, 0.6) is 0 Å². The molecule has 1 aromatic heterocycles. The molecule has 0 aliphatic carbocycles. The van der Waals surface area contributed by atoms with Gasteiger partial charge in [0, 0.05) is 18.2 Å². The zero-order valence-corrected chi connectivity index (χ0v) is 12.4. The van der Waals surface area contributed by atoms with E-state index >= 15 is 0 Å². The van der Waals surface area contributed by atoms with Gasteiger partial charge in [-0.1, -0.05) is 26.0 Å². The van der Waals surface area contributed by atoms with Crippen LogP contribution in [0.15, 0.2) is 24.3 Å². The number of thiazole rings is 1. The predicted octanol–water partition coefficient (Wildman–Crippen LogP) is 2.81. The van der Waals surface area contributed by atoms with Crippen LogP contribution in [0.2, 0.25) is 0 Å². The first-order chi connectivity index (χ1) is 8.69. The number of hydrogen-bond acceptors (Lipinski definition) is 5. The summed E-state index contributed by atoms with van der Waals surface area (Å²) >= 11 is 3.68. The maximum Gasteiger partial charge on any atom is 0.0954 e. The Labute approximate surface area is 116 Å². The molecule has 0 fully saturated rings. The molecule has 0 radical (unpaired) electrons. The van der Waals surface area contributed by atoms with Gasteiger partial charge in [0.2, 0.25) is 0 Å². The fourth-order valence-electron chi connectivity index (χ4n) is 1.69. The molecular weight excluding hydrogens is 262 g/mol. The van der Waals surface area contributed by atoms with Crippen LogP contribution < -0.4 is 11.3 Å². The zero-order chi connectivity index (χ0) is 13.0. The number of hydrogen-bond donors (Lipinski definition) is 2. The van der Waals surface area contributed by atoms with E-state index in [-0.39, 0.29) is 6.04 Å². The lowest BCUT2D eigenvalue weighted by atomic mass is 10.2. The molecule has 1 unspecified atom stereocenters. The van der Waals surface area contributed by atoms with Gasteiger partial charge in [-0.25, -0.2) is 4.98 Å². The molecule has 0 saturated carbocycles. The summed E-state index contributed by atoms with van der Waals surface area (Å²) in [6.45, 7) is 4.41. The van der Waals surface area contributed by atoms with E-state index in [0.29, 0.717) is 5.25 Å². The summed E-state index contributed by atoms with van der Waals surface area (Å²) in [6.07, 6.45) is 0.898. The van der Waals surface area contributed by atoms with E-state index in [1.54, 1.807) is 11.3 Å². The summed E-state index contributed by atoms with van der Waals surface area (Å²) in [5.41, 5.74) is 3.98. The van der Waals surface area contributed by atoms with Crippen LogP contribution in [-0.4, -0.2) is 22.0 Å². The van der Waals surface area contributed by atoms with E-state index in [1.165, 1.54) is 4.70 Å². The second-order valence-electron chi connectivity index (χ2n) is 4.53. The molecule has 3 N–H and O–H groups in total. The third kappa shape index (κ3) is 3.68. The number of fused-ring (bicyclic) bond motifs is 1. The van der Waals surface area contributed by atoms with Crippen molar-refractivity contribution < 1.29 is 0 Å². The molecular formula is C13H19N3S2. The lowest BCUT2D eigenvalue weighted by molar-refractivity contribution is 0.574. The van der Waals surface area contributed by atoms with Gasteiger partial charge >= 0.3 is 0 Å². The minimum absolute atomic E-state index is 0.290. The van der Waals surface area contributed by atoms with Crippen LogP contribution >= 0.6 is 23.1 Å². The smallest absolute Gasteiger partial charge is 0.0954 e. The first-order valence-electron chi connectivity index (χ1n) is 6.11. The van der Waals surface area contributed by atoms with E-state index < -0.39 is 0 Å². The summed E-state index contributed by atoms with van der Waals surface area (Å²) in [6, 6.07) is 8.54. The maximum atomic E-state index is 5.61. The second-order valence-corrected chi connectivity index (χ2v) is 7.25. The van der Waals surface area contributed by atoms with Crippen molar-refractivity contribution in [1.82, 2.24) is 10.4 Å². The molecule has 2 rings (SSSR count). The highest BCUT2D eigenvalue weighted by atomic mass is 32.2. The van der Waals surface area contributed by atoms with Gasteiger partial charge in [0.25, 0.3) is 0 Å². The zero-order valence-electron chi connectivity index (χ0n) is 10.7. The Morgan fingerprint density at radius 1 is 1.39 bits per heavy atom. The van der Waals surface area contributed by atoms with Crippen molar-refractivity contribution >= 4 is 33.3 Å². The van der Waals surface area contributed by atoms with Gasteiger partial charge < -0.3 is 0 Å². The van der Waals surface area contributed by atoms with Gasteiger partial charge in [0.05, 0.1) is 15.2 Å². The fourth-order valence-corrected chi connectivity index (χ4v) is 3.57. The third-order valence-corrected chi connectivity index (χ3v) is 4.95. The molecule has 0 bridgehead atoms. The molecule has 2 aromatic rings. The van der Waals surface area contributed by atoms with Crippen LogP contribution in [0.1, 0.15) is 18.9 Å². The topological polar surface area (TPSA) is 50.9 Å². The molecule has 1 heterocycles. The van der Waals surface area contributed by atoms with Crippen molar-refractivity contribution in [3.8, 4) is 0 Å². The summed E-state index contributed by atoms with van der Waals surface area (Å²) in [5.74, 6) is 6.63. The number of nitrogens with zero attached hydrogens (tertiary/aromatic N) is 1. The van der Waals surface area contributed by atoms with Crippen LogP contribution in [0.25, 0.3) is 10.2 Å². The molecule has 0 amide bonds. The van der Waals surface area contributed by atoms with Gasteiger partial charge in [-0.2, -0.15) is 11.8 Å². The number of thioether (sulfide) groups is 1. The SMILES string of the molecule is CC(C)SCC(Cc1nc2ccccc2s1)NN. The summed E-state index contributed by atoms with van der Waals surface area (Å²) in [7, 11) is 0. The largest absolute Gasteiger partial charge is 0.271 e. The Bertz CT molecular complexity index is 463. The number of nitrogens with one attached hydrogen (secondary N) is 1. The lowest BCUT2D eigenvalue weighted by Gasteiger charge is -2.15. The molecule has 3 nitrogen and oxygen atoms in total. The summed E-state index contributed by atoms with van der Waals surface area (Å²) < 4.78 is 1.25. The average Bonchev–Trinajstić information content (AvgIpc) is 2.76. The van der Waals surface area contributed by atoms with E-state index in [4.69, 9.17) is 5.84 Å². The van der Waals surface area contributed by atoms with Gasteiger partial charge in [-0.15, -0.1) is 11.3 Å². The van der Waals surface area contributed by atoms with Gasteiger partial charge in [-0.05, 0) is 17.4 Å². The normalized spacial score (nSPS) is 13.3. The molecule has 5 heteroatoms. The molecule has 0 spiro atoms. The Kier molecular flexibility index (Phi) is 5.00. The highest BCUT2D eigenvalue weighted by molar-refractivity contribution is 7.99. The number of benzene rings is 1. The van der Waals surface area contributed by atoms with Crippen molar-refractivity contribution in [2.75, 3.05) is 5.75 Å². The van der Waals surface area contributed by atoms with E-state index in [9.17, 15) is 0 Å². The molecule has 1 atom stereocenters. The van der Waals surface area contributed by atoms with Crippen molar-refractivity contribution in [2.45, 2.75) is 31.6 Å². The number of aromatic nitrogens is 1. The molecule has 1 aromatic carbocycles. The molecule has 18 heavy (non-hydrogen) atoms. The van der Waals surface area contributed by atoms with Crippen LogP contribution in [0.3, 0.4) is 0 Å². The number of nitrogens with two attached hydrogens (primary N) is 1. The monoisotopic (exact) mass is 281 g/mol. The first-order valence-corrected chi connectivity index (χ1v) is 7.97. The molecule has 98 valence electrons. The highest BCUT2D eigenvalue weighted by Gasteiger charge is 2.12. The van der Waals surface area contributed by atoms with Crippen molar-refractivity contribution in [2.24, 2.45) is 5.84 Å². The highest BCUT2D eigenvalue weighted by Crippen LogP contribution is 2.23. The summed E-state index contributed by atoms with van der Waals surface area (Å²) in [5, 5.41) is 1.79. The minimum Gasteiger partial charge on any atom is -0.271 e. The average molecular weight is 281 g/mol. The third-order valence-electron chi connectivity index (χ3n) is 2.63. The van der Waals surface area contributed by atoms with Gasteiger partial charge in [0.15, 0.2) is 0 Å². The number of para-hydroxylation sites is 1. The second kappa shape index (κ2) is 6.52. The standard InChI is InChI=1S/C13H19N3S2/c1-9(2)17-8-10(16-14)7-13-15-11-5-3-4-6-12(11)18-13/h3-6,9-10,16H,7-8,14H2,1-2H3. The summed E-state index contributed by atoms with van der Waals surface area (Å²) in [4.78, 5) is 4.64. The Morgan fingerprint density at radius 3 is 2.83 bits per heavy atom. The van der Waals surface area contributed by atoms with Crippen LogP contribution in [-0.2, 0) is 6.42 Å². The van der Waals surface area contributed by atoms with E-state index in [0.717, 1.165) is 22.7 Å². The minimum atomic E-state index is 0.290. The van der Waals surface area contributed by atoms with Crippen molar-refractivity contribution in [3.63, 3.8) is 0 Å². The fraction of sp³-hybridized carbons (Fsp3) is 0.462. The molecule has 0 aliphatic rings. The first kappa shape index (κ1) is 13.8. The van der Waals surface area contributed by atoms with Crippen LogP contribution in [0, 0.1) is 0 Å². The number of rotatable bonds is 6. The van der Waals surface area contributed by atoms with Crippen LogP contribution in [0.4, 0.5) is 0 Å². The van der Waals surface area contributed by atoms with E-state index in [1.807, 2.05) is 17.8 Å². The van der Waals surface area contributed by atoms with Crippen molar-refractivity contribution in [3.05, 3.63) is 29.3 Å². The lowest BCUT2D eigenvalue weighted by Crippen LogP contribution is -2.39. The molecule has 0 saturated heterocycles. The predicted molar refractivity (Wildman–Crippen MR) is 82.0 cm³/mol. The Balaban J connectivity index is 2.02. The maximum absolute atomic E-state index is 5.61. The quantitative estimate of drug-likeness (QED) is 0.631. The molecule has 0 aliphatic heterocycles. The number of hydrazine groups is 1. The Morgan fingerprint density at radius 2 is 2.17 bits per heavy atom. The van der Waals surface area contributed by atoms with Gasteiger partial charge in [0.1, 0.15) is 0 Å². The Hall–Kier alpha value is -0.620. The van der Waals surface area contributed by atoms with Gasteiger partial charge in [-0.3, -0.25) is 11.3 Å².